The molecular weight excluding hydrogens is 452 g/mol. The predicted octanol–water partition coefficient (Wildman–Crippen LogP) is 3.59. The molecule has 0 bridgehead atoms. The van der Waals surface area contributed by atoms with Crippen LogP contribution in [0.5, 0.6) is 0 Å². The van der Waals surface area contributed by atoms with Gasteiger partial charge in [0.1, 0.15) is 16.4 Å². The summed E-state index contributed by atoms with van der Waals surface area (Å²) < 4.78 is 49.4. The van der Waals surface area contributed by atoms with Crippen LogP contribution in [-0.4, -0.2) is 55.1 Å². The number of nitrogens with one attached hydrogen (secondary N) is 2. The van der Waals surface area contributed by atoms with Crippen molar-refractivity contribution in [2.75, 3.05) is 29.6 Å². The zero-order chi connectivity index (χ0) is 24.0. The van der Waals surface area contributed by atoms with Gasteiger partial charge in [0.25, 0.3) is 5.91 Å². The molecule has 3 aromatic rings. The number of carbonyl (C=O) groups excluding carboxylic acids is 1. The maximum Gasteiger partial charge on any atom is 0.259 e. The van der Waals surface area contributed by atoms with Crippen LogP contribution in [0.25, 0.3) is 11.0 Å². The summed E-state index contributed by atoms with van der Waals surface area (Å²) in [6.07, 6.45) is 3.96. The molecule has 12 heteroatoms. The third-order valence-electron chi connectivity index (χ3n) is 5.74. The highest BCUT2D eigenvalue weighted by Crippen LogP contribution is 2.34. The first kappa shape index (κ1) is 23.0. The number of aryl methyl sites for hydroxylation is 2. The maximum absolute atomic E-state index is 14.0. The van der Waals surface area contributed by atoms with Crippen LogP contribution in [0.2, 0.25) is 0 Å². The van der Waals surface area contributed by atoms with Crippen molar-refractivity contribution in [3.63, 3.8) is 0 Å². The summed E-state index contributed by atoms with van der Waals surface area (Å²) in [6.45, 7) is 2.20. The number of pyridine rings is 2. The van der Waals surface area contributed by atoms with E-state index < -0.39 is 21.6 Å². The molecule has 33 heavy (non-hydrogen) atoms. The van der Waals surface area contributed by atoms with Gasteiger partial charge in [-0.1, -0.05) is 0 Å². The number of aromatic nitrogens is 4. The first-order valence-corrected chi connectivity index (χ1v) is 12.4. The summed E-state index contributed by atoms with van der Waals surface area (Å²) in [5.41, 5.74) is 2.45. The zero-order valence-corrected chi connectivity index (χ0v) is 19.4. The summed E-state index contributed by atoms with van der Waals surface area (Å²) in [7, 11) is -1.32. The molecule has 1 amide bonds. The van der Waals surface area contributed by atoms with Crippen molar-refractivity contribution in [1.29, 1.82) is 4.78 Å². The minimum absolute atomic E-state index is 0.0483. The number of rotatable bonds is 4. The van der Waals surface area contributed by atoms with E-state index in [9.17, 15) is 17.8 Å². The Hall–Kier alpha value is -3.15. The van der Waals surface area contributed by atoms with Gasteiger partial charge in [0, 0.05) is 51.1 Å². The first-order valence-electron chi connectivity index (χ1n) is 10.4. The Labute approximate surface area is 190 Å². The minimum atomic E-state index is -3.07. The van der Waals surface area contributed by atoms with Crippen LogP contribution < -0.4 is 10.2 Å². The van der Waals surface area contributed by atoms with Crippen LogP contribution >= 0.6 is 0 Å². The molecule has 1 unspecified atom stereocenters. The first-order chi connectivity index (χ1) is 15.5. The molecule has 0 spiro atoms. The fourth-order valence-electron chi connectivity index (χ4n) is 4.07. The minimum Gasteiger partial charge on any atom is -0.356 e. The van der Waals surface area contributed by atoms with E-state index in [1.54, 1.807) is 29.7 Å². The normalized spacial score (nSPS) is 18.0. The molecule has 1 atom stereocenters. The van der Waals surface area contributed by atoms with E-state index in [0.717, 1.165) is 0 Å². The average molecular weight is 478 g/mol. The maximum atomic E-state index is 14.0. The largest absolute Gasteiger partial charge is 0.356 e. The van der Waals surface area contributed by atoms with Gasteiger partial charge in [0.2, 0.25) is 5.92 Å². The van der Waals surface area contributed by atoms with Gasteiger partial charge in [0.15, 0.2) is 0 Å². The number of amides is 1. The molecule has 3 aromatic heterocycles. The van der Waals surface area contributed by atoms with E-state index in [2.05, 4.69) is 20.4 Å². The lowest BCUT2D eigenvalue weighted by Crippen LogP contribution is -2.30. The monoisotopic (exact) mass is 477 g/mol. The van der Waals surface area contributed by atoms with Gasteiger partial charge < -0.3 is 10.2 Å². The van der Waals surface area contributed by atoms with Crippen molar-refractivity contribution in [2.45, 2.75) is 37.1 Å². The molecule has 0 aliphatic carbocycles. The van der Waals surface area contributed by atoms with Crippen LogP contribution in [0, 0.1) is 11.7 Å². The predicted molar refractivity (Wildman–Crippen MR) is 121 cm³/mol. The highest BCUT2D eigenvalue weighted by molar-refractivity contribution is 7.91. The number of hydrogen-bond donors (Lipinski definition) is 2. The Bertz CT molecular complexity index is 1340. The van der Waals surface area contributed by atoms with Gasteiger partial charge in [0.05, 0.1) is 27.0 Å². The second-order valence-corrected chi connectivity index (χ2v) is 10.4. The fraction of sp³-hybridized carbons (Fsp3) is 0.429. The Kier molecular flexibility index (Phi) is 5.81. The molecule has 1 saturated heterocycles. The van der Waals surface area contributed by atoms with Gasteiger partial charge in [-0.05, 0) is 31.0 Å². The third-order valence-corrected chi connectivity index (χ3v) is 6.76. The SMILES string of the molecule is Cc1c(C(=O)Nc2ccnc(S(C)(=N)=O)c2)c(N2CCCC(F)(F)CC2)nc2cnn(C)c12. The van der Waals surface area contributed by atoms with Crippen molar-refractivity contribution in [3.05, 3.63) is 35.7 Å². The molecule has 2 N–H and O–H groups in total. The molecule has 4 rings (SSSR count). The number of anilines is 2. The van der Waals surface area contributed by atoms with E-state index in [1.165, 1.54) is 24.6 Å². The lowest BCUT2D eigenvalue weighted by molar-refractivity contribution is -0.0102. The average Bonchev–Trinajstić information content (AvgIpc) is 3.00. The quantitative estimate of drug-likeness (QED) is 0.593. The van der Waals surface area contributed by atoms with Crippen molar-refractivity contribution < 1.29 is 17.8 Å². The molecular formula is C21H25F2N7O2S. The van der Waals surface area contributed by atoms with Crippen LogP contribution in [0.15, 0.2) is 29.6 Å². The molecule has 9 nitrogen and oxygen atoms in total. The highest BCUT2D eigenvalue weighted by Gasteiger charge is 2.34. The fourth-order valence-corrected chi connectivity index (χ4v) is 4.68. The number of fused-ring (bicyclic) bond motifs is 1. The van der Waals surface area contributed by atoms with Gasteiger partial charge in [-0.15, -0.1) is 0 Å². The van der Waals surface area contributed by atoms with Gasteiger partial charge in [-0.3, -0.25) is 9.48 Å². The third kappa shape index (κ3) is 4.65. The lowest BCUT2D eigenvalue weighted by Gasteiger charge is -2.25. The molecule has 4 heterocycles. The molecule has 0 aromatic carbocycles. The molecule has 1 aliphatic rings. The Morgan fingerprint density at radius 1 is 1.30 bits per heavy atom. The van der Waals surface area contributed by atoms with Crippen LogP contribution in [0.1, 0.15) is 35.2 Å². The van der Waals surface area contributed by atoms with E-state index in [0.29, 0.717) is 34.6 Å². The number of carbonyl (C=O) groups is 1. The smallest absolute Gasteiger partial charge is 0.259 e. The second kappa shape index (κ2) is 8.32. The molecule has 176 valence electrons. The van der Waals surface area contributed by atoms with Crippen molar-refractivity contribution >= 4 is 38.2 Å². The van der Waals surface area contributed by atoms with E-state index >= 15 is 0 Å². The summed E-state index contributed by atoms with van der Waals surface area (Å²) in [5, 5.41) is 7.05. The topological polar surface area (TPSA) is 117 Å². The van der Waals surface area contributed by atoms with Gasteiger partial charge in [-0.2, -0.15) is 5.10 Å². The summed E-state index contributed by atoms with van der Waals surface area (Å²) in [5.74, 6) is -2.90. The van der Waals surface area contributed by atoms with E-state index in [-0.39, 0.29) is 36.4 Å². The highest BCUT2D eigenvalue weighted by atomic mass is 32.2. The van der Waals surface area contributed by atoms with Crippen molar-refractivity contribution in [2.24, 2.45) is 7.05 Å². The molecule has 1 aliphatic heterocycles. The number of hydrogen-bond acceptors (Lipinski definition) is 7. The van der Waals surface area contributed by atoms with Gasteiger partial charge >= 0.3 is 0 Å². The summed E-state index contributed by atoms with van der Waals surface area (Å²) in [4.78, 5) is 23.8. The molecule has 0 radical (unpaired) electrons. The second-order valence-electron chi connectivity index (χ2n) is 8.31. The number of alkyl halides is 2. The van der Waals surface area contributed by atoms with Crippen LogP contribution in [0.4, 0.5) is 20.3 Å². The Balaban J connectivity index is 1.78. The van der Waals surface area contributed by atoms with Crippen molar-refractivity contribution in [1.82, 2.24) is 19.7 Å². The van der Waals surface area contributed by atoms with Gasteiger partial charge in [-0.25, -0.2) is 27.7 Å². The van der Waals surface area contributed by atoms with Crippen LogP contribution in [-0.2, 0) is 16.8 Å². The Morgan fingerprint density at radius 3 is 2.79 bits per heavy atom. The summed E-state index contributed by atoms with van der Waals surface area (Å²) in [6, 6.07) is 2.93. The van der Waals surface area contributed by atoms with E-state index in [1.807, 2.05) is 0 Å². The van der Waals surface area contributed by atoms with Crippen molar-refractivity contribution in [3.8, 4) is 0 Å². The number of nitrogens with zero attached hydrogens (tertiary/aromatic N) is 5. The zero-order valence-electron chi connectivity index (χ0n) is 18.6. The lowest BCUT2D eigenvalue weighted by atomic mass is 10.1. The number of halogens is 2. The molecule has 0 saturated carbocycles. The Morgan fingerprint density at radius 2 is 2.06 bits per heavy atom. The standard InChI is InChI=1S/C21H25F2N7O2S/c1-13-17(20(31)27-14-5-8-25-16(11-14)33(3,24)32)19(28-15-12-26-29(2)18(13)15)30-9-4-6-21(22,23)7-10-30/h5,8,11-12,24H,4,6-7,9-10H2,1-3H3,(H,25,27,31). The van der Waals surface area contributed by atoms with Crippen LogP contribution in [0.3, 0.4) is 0 Å². The van der Waals surface area contributed by atoms with E-state index in [4.69, 9.17) is 4.78 Å². The molecule has 1 fully saturated rings. The summed E-state index contributed by atoms with van der Waals surface area (Å²) >= 11 is 0.